The van der Waals surface area contributed by atoms with Gasteiger partial charge in [-0.3, -0.25) is 0 Å². The lowest BCUT2D eigenvalue weighted by Crippen LogP contribution is -2.11. The van der Waals surface area contributed by atoms with Crippen LogP contribution in [0.4, 0.5) is 4.39 Å². The van der Waals surface area contributed by atoms with Crippen molar-refractivity contribution in [1.82, 2.24) is 10.1 Å². The summed E-state index contributed by atoms with van der Waals surface area (Å²) in [7, 11) is 0. The molecule has 1 N–H and O–H groups in total. The molecular weight excluding hydrogens is 235 g/mol. The van der Waals surface area contributed by atoms with Gasteiger partial charge in [0.1, 0.15) is 5.82 Å². The topological polar surface area (TPSA) is 59.2 Å². The van der Waals surface area contributed by atoms with Crippen LogP contribution < -0.4 is 0 Å². The highest BCUT2D eigenvalue weighted by Crippen LogP contribution is 2.23. The van der Waals surface area contributed by atoms with Gasteiger partial charge in [0.25, 0.3) is 0 Å². The average Bonchev–Trinajstić information content (AvgIpc) is 2.81. The van der Waals surface area contributed by atoms with Crippen LogP contribution in [0.2, 0.25) is 0 Å². The summed E-state index contributed by atoms with van der Waals surface area (Å²) in [5, 5.41) is 13.2. The lowest BCUT2D eigenvalue weighted by molar-refractivity contribution is 0.151. The molecule has 1 aromatic heterocycles. The van der Waals surface area contributed by atoms with Gasteiger partial charge in [-0.2, -0.15) is 4.98 Å². The number of hydrogen-bond donors (Lipinski definition) is 1. The van der Waals surface area contributed by atoms with E-state index in [9.17, 15) is 9.50 Å². The second-order valence-corrected chi connectivity index (χ2v) is 4.45. The summed E-state index contributed by atoms with van der Waals surface area (Å²) in [5.41, 5.74) is 1.13. The second-order valence-electron chi connectivity index (χ2n) is 4.45. The van der Waals surface area contributed by atoms with E-state index >= 15 is 0 Å². The number of nitrogens with zero attached hydrogens (tertiary/aromatic N) is 2. The third-order valence-corrected chi connectivity index (χ3v) is 2.98. The fourth-order valence-corrected chi connectivity index (χ4v) is 1.48. The Morgan fingerprint density at radius 1 is 1.33 bits per heavy atom. The summed E-state index contributed by atoms with van der Waals surface area (Å²) >= 11 is 0. The normalized spacial score (nSPS) is 14.5. The van der Waals surface area contributed by atoms with Gasteiger partial charge in [-0.25, -0.2) is 4.39 Å². The minimum atomic E-state index is -0.576. The van der Waals surface area contributed by atoms with E-state index in [-0.39, 0.29) is 11.7 Å². The van der Waals surface area contributed by atoms with Gasteiger partial charge >= 0.3 is 0 Å². The Morgan fingerprint density at radius 2 is 2.06 bits per heavy atom. The van der Waals surface area contributed by atoms with E-state index < -0.39 is 6.10 Å². The maximum absolute atomic E-state index is 13.4. The summed E-state index contributed by atoms with van der Waals surface area (Å²) in [5.74, 6) is 0.126. The molecule has 18 heavy (non-hydrogen) atoms. The van der Waals surface area contributed by atoms with Gasteiger partial charge in [-0.15, -0.1) is 0 Å². The molecular formula is C13H15FN2O2. The molecule has 0 fully saturated rings. The number of rotatable bonds is 3. The highest BCUT2D eigenvalue weighted by molar-refractivity contribution is 5.54. The second kappa shape index (κ2) is 4.86. The minimum absolute atomic E-state index is 0.249. The lowest BCUT2D eigenvalue weighted by Gasteiger charge is -2.08. The van der Waals surface area contributed by atoms with Crippen LogP contribution in [0, 0.1) is 12.7 Å². The van der Waals surface area contributed by atoms with Gasteiger partial charge in [-0.1, -0.05) is 24.2 Å². The van der Waals surface area contributed by atoms with Crippen molar-refractivity contribution in [2.75, 3.05) is 0 Å². The summed E-state index contributed by atoms with van der Waals surface area (Å²) in [6.07, 6.45) is -0.576. The summed E-state index contributed by atoms with van der Waals surface area (Å²) in [6.45, 7) is 5.13. The fraction of sp³-hybridized carbons (Fsp3) is 0.385. The average molecular weight is 250 g/mol. The zero-order valence-electron chi connectivity index (χ0n) is 10.5. The largest absolute Gasteiger partial charge is 0.393 e. The number of aryl methyl sites for hydroxylation is 1. The van der Waals surface area contributed by atoms with Crippen molar-refractivity contribution in [1.29, 1.82) is 0 Å². The molecule has 2 atom stereocenters. The van der Waals surface area contributed by atoms with Gasteiger partial charge in [0, 0.05) is 5.56 Å². The molecule has 0 bridgehead atoms. The molecule has 5 heteroatoms. The van der Waals surface area contributed by atoms with Crippen LogP contribution in [-0.4, -0.2) is 21.4 Å². The van der Waals surface area contributed by atoms with Crippen molar-refractivity contribution in [2.24, 2.45) is 0 Å². The molecule has 0 saturated carbocycles. The Balaban J connectivity index is 2.32. The first kappa shape index (κ1) is 12.7. The number of aromatic nitrogens is 2. The molecule has 0 aliphatic carbocycles. The van der Waals surface area contributed by atoms with E-state index in [0.717, 1.165) is 0 Å². The monoisotopic (exact) mass is 250 g/mol. The Bertz CT molecular complexity index is 552. The molecule has 0 spiro atoms. The van der Waals surface area contributed by atoms with Crippen molar-refractivity contribution in [3.8, 4) is 11.4 Å². The zero-order valence-corrected chi connectivity index (χ0v) is 10.5. The maximum atomic E-state index is 13.4. The molecule has 2 rings (SSSR count). The number of halogens is 1. The van der Waals surface area contributed by atoms with Gasteiger partial charge in [0.15, 0.2) is 0 Å². The van der Waals surface area contributed by atoms with Crippen LogP contribution in [0.3, 0.4) is 0 Å². The van der Waals surface area contributed by atoms with Crippen molar-refractivity contribution >= 4 is 0 Å². The first-order chi connectivity index (χ1) is 8.49. The molecule has 2 aromatic rings. The van der Waals surface area contributed by atoms with E-state index in [1.165, 1.54) is 6.07 Å². The Hall–Kier alpha value is -1.75. The summed E-state index contributed by atoms with van der Waals surface area (Å²) in [6, 6.07) is 4.77. The van der Waals surface area contributed by atoms with Gasteiger partial charge < -0.3 is 9.63 Å². The minimum Gasteiger partial charge on any atom is -0.393 e. The summed E-state index contributed by atoms with van der Waals surface area (Å²) < 4.78 is 18.5. The molecule has 0 aliphatic rings. The Kier molecular flexibility index (Phi) is 3.43. The van der Waals surface area contributed by atoms with Crippen LogP contribution in [0.1, 0.15) is 31.2 Å². The van der Waals surface area contributed by atoms with E-state index in [2.05, 4.69) is 10.1 Å². The molecule has 1 heterocycles. The predicted molar refractivity (Wildman–Crippen MR) is 64.5 cm³/mol. The first-order valence-corrected chi connectivity index (χ1v) is 5.77. The molecule has 0 radical (unpaired) electrons. The van der Waals surface area contributed by atoms with Crippen LogP contribution in [-0.2, 0) is 0 Å². The zero-order chi connectivity index (χ0) is 13.3. The van der Waals surface area contributed by atoms with Gasteiger partial charge in [0.2, 0.25) is 11.7 Å². The quantitative estimate of drug-likeness (QED) is 0.909. The molecule has 1 aromatic carbocycles. The highest BCUT2D eigenvalue weighted by atomic mass is 19.1. The Morgan fingerprint density at radius 3 is 2.67 bits per heavy atom. The van der Waals surface area contributed by atoms with Crippen LogP contribution in [0.25, 0.3) is 11.4 Å². The molecule has 96 valence electrons. The molecule has 2 unspecified atom stereocenters. The number of aliphatic hydroxyl groups excluding tert-OH is 1. The van der Waals surface area contributed by atoms with Crippen LogP contribution >= 0.6 is 0 Å². The standard InChI is InChI=1S/C13H15FN2O2/c1-7-4-5-10(6-11(7)14)12-15-13(18-16-12)8(2)9(3)17/h4-6,8-9,17H,1-3H3. The molecule has 0 saturated heterocycles. The SMILES string of the molecule is Cc1ccc(-c2noc(C(C)C(C)O)n2)cc1F. The van der Waals surface area contributed by atoms with Crippen molar-refractivity contribution < 1.29 is 14.0 Å². The molecule has 0 aliphatic heterocycles. The number of benzene rings is 1. The van der Waals surface area contributed by atoms with Gasteiger partial charge in [-0.05, 0) is 25.5 Å². The smallest absolute Gasteiger partial charge is 0.232 e. The van der Waals surface area contributed by atoms with Gasteiger partial charge in [0.05, 0.1) is 12.0 Å². The summed E-state index contributed by atoms with van der Waals surface area (Å²) in [4.78, 5) is 4.17. The van der Waals surface area contributed by atoms with Crippen LogP contribution in [0.5, 0.6) is 0 Å². The van der Waals surface area contributed by atoms with Crippen LogP contribution in [0.15, 0.2) is 22.7 Å². The predicted octanol–water partition coefficient (Wildman–Crippen LogP) is 2.67. The third kappa shape index (κ3) is 2.41. The number of aliphatic hydroxyl groups is 1. The molecule has 4 nitrogen and oxygen atoms in total. The van der Waals surface area contributed by atoms with Crippen molar-refractivity contribution in [3.05, 3.63) is 35.5 Å². The van der Waals surface area contributed by atoms with Crippen molar-refractivity contribution in [3.63, 3.8) is 0 Å². The van der Waals surface area contributed by atoms with E-state index in [1.54, 1.807) is 32.9 Å². The third-order valence-electron chi connectivity index (χ3n) is 2.98. The van der Waals surface area contributed by atoms with E-state index in [1.807, 2.05) is 0 Å². The highest BCUT2D eigenvalue weighted by Gasteiger charge is 2.19. The first-order valence-electron chi connectivity index (χ1n) is 5.77. The van der Waals surface area contributed by atoms with E-state index in [0.29, 0.717) is 22.8 Å². The maximum Gasteiger partial charge on any atom is 0.232 e. The molecule has 0 amide bonds. The lowest BCUT2D eigenvalue weighted by atomic mass is 10.1. The van der Waals surface area contributed by atoms with Crippen molar-refractivity contribution in [2.45, 2.75) is 32.8 Å². The fourth-order valence-electron chi connectivity index (χ4n) is 1.48. The van der Waals surface area contributed by atoms with E-state index in [4.69, 9.17) is 4.52 Å². The Labute approximate surface area is 104 Å². The number of hydrogen-bond acceptors (Lipinski definition) is 4.